The molecule has 111 heavy (non-hydrogen) atoms. The third kappa shape index (κ3) is 15.1. The first-order chi connectivity index (χ1) is 52.6. The number of carboxylic acids is 2. The number of carbonyl (C=O) groups excluding carboxylic acids is 3. The molecule has 7 aliphatic rings. The Morgan fingerprint density at radius 1 is 0.928 bits per heavy atom. The molecule has 8 heterocycles. The summed E-state index contributed by atoms with van der Waals surface area (Å²) in [5.74, 6) is -13.6. The van der Waals surface area contributed by atoms with Crippen LogP contribution in [0.4, 0.5) is 21.5 Å². The van der Waals surface area contributed by atoms with Crippen LogP contribution in [0.1, 0.15) is 136 Å². The van der Waals surface area contributed by atoms with E-state index in [1.165, 1.54) is 105 Å². The molecule has 0 spiro atoms. The Kier molecular flexibility index (Phi) is 22.2. The van der Waals surface area contributed by atoms with Crippen molar-refractivity contribution in [2.45, 2.75) is 194 Å². The van der Waals surface area contributed by atoms with Gasteiger partial charge in [0.05, 0.1) is 77.2 Å². The van der Waals surface area contributed by atoms with Gasteiger partial charge in [0.2, 0.25) is 16.3 Å². The number of halogens is 1. The van der Waals surface area contributed by atoms with Crippen LogP contribution in [-0.4, -0.2) is 188 Å². The van der Waals surface area contributed by atoms with Crippen LogP contribution in [-0.2, 0) is 52.3 Å². The van der Waals surface area contributed by atoms with Gasteiger partial charge in [-0.25, -0.2) is 14.2 Å². The van der Waals surface area contributed by atoms with Gasteiger partial charge in [-0.1, -0.05) is 39.0 Å². The number of hydrogen-bond acceptors (Lipinski definition) is 26. The number of allylic oxidation sites excluding steroid dienone is 2. The molecular formula is C80H95FN6O24. The van der Waals surface area contributed by atoms with Gasteiger partial charge in [0.25, 0.3) is 5.91 Å². The highest BCUT2D eigenvalue weighted by atomic mass is 19.1. The van der Waals surface area contributed by atoms with Crippen LogP contribution in [0.5, 0.6) is 17.2 Å². The van der Waals surface area contributed by atoms with E-state index in [-0.39, 0.29) is 92.1 Å². The van der Waals surface area contributed by atoms with Gasteiger partial charge in [-0.05, 0) is 98.3 Å². The van der Waals surface area contributed by atoms with Crippen LogP contribution in [0.3, 0.4) is 0 Å². The van der Waals surface area contributed by atoms with Crippen molar-refractivity contribution in [3.05, 3.63) is 113 Å². The second-order valence-electron chi connectivity index (χ2n) is 31.4. The normalized spacial score (nSPS) is 29.4. The number of aromatic hydroxyl groups is 1. The first-order valence-electron chi connectivity index (χ1n) is 37.6. The van der Waals surface area contributed by atoms with Crippen LogP contribution in [0.2, 0.25) is 0 Å². The monoisotopic (exact) mass is 1540 g/mol. The van der Waals surface area contributed by atoms with Crippen molar-refractivity contribution in [1.29, 1.82) is 0 Å². The number of aliphatic hydroxyl groups is 3. The molecule has 1 aliphatic carbocycles. The van der Waals surface area contributed by atoms with E-state index in [9.17, 15) is 64.2 Å². The number of aliphatic carboxylic acids is 1. The SMILES string of the molecule is COc1c(N2C[C@@H]3CCCN(CCCNc4cc(=O)c5nc6c(oc5c4)c4c(=O)c5c(O)c(C)c7c(c56)=C(O)[C@@](C)(O/C=C/[C@H](O[C@H]5C[C@@H]6OCO[C@@H]6[C@@H](C)O5)[C@@H](C)[C@@H](OC(C)=O)[C@H](C)[C@H](O)[C@H](C)[C@@H](O)[C@@H](C(C)OC(=O)C(C)(C)CC(=O)O)/C=C/C=C(/C)C(=O)N4)O7)[C@@H]3C2)c(F)cc2c(=O)c(C(=O)O)cn(C3CC3)c12. The molecule has 8 N–H and O–H groups in total. The van der Waals surface area contributed by atoms with E-state index >= 15 is 9.18 Å². The lowest BCUT2D eigenvalue weighted by Gasteiger charge is -2.41. The number of carboxylic acid groups (broad SMARTS) is 2. The van der Waals surface area contributed by atoms with Gasteiger partial charge in [-0.3, -0.25) is 38.5 Å². The van der Waals surface area contributed by atoms with Gasteiger partial charge < -0.3 is 97.8 Å². The number of aromatic carboxylic acids is 1. The number of hydrogen-bond donors (Lipinski definition) is 8. The van der Waals surface area contributed by atoms with Gasteiger partial charge in [0.1, 0.15) is 59.1 Å². The molecule has 6 aromatic rings. The number of carbonyl (C=O) groups is 5. The lowest BCUT2D eigenvalue weighted by Crippen LogP contribution is -2.50. The molecule has 16 atom stereocenters. The lowest BCUT2D eigenvalue weighted by molar-refractivity contribution is -0.246. The fraction of sp³-hybridized carbons (Fsp3) is 0.537. The highest BCUT2D eigenvalue weighted by Crippen LogP contribution is 2.48. The number of aliphatic hydroxyl groups excluding tert-OH is 3. The van der Waals surface area contributed by atoms with Crippen molar-refractivity contribution in [1.82, 2.24) is 14.5 Å². The van der Waals surface area contributed by atoms with Gasteiger partial charge in [0, 0.05) is 123 Å². The number of nitrogens with one attached hydrogen (secondary N) is 2. The van der Waals surface area contributed by atoms with Crippen molar-refractivity contribution >= 4 is 96.5 Å². The molecule has 0 radical (unpaired) electrons. The number of fused-ring (bicyclic) bond motifs is 8. The first kappa shape index (κ1) is 79.3. The standard InChI is InChI=1S/C80H95FN6O24/c1-35-16-13-18-46(40(6)107-78(101)79(9,10)30-55(90)91)66(93)37(3)65(92)38(4)70(108-42(8)88)36(2)52(109-56-29-54-72(41(7)106-56)104-34-103-54)21-25-105-80(11)75(97)59-57-58(67(94)39(5)71(59)111-80)69(96)62(84-76(35)98)73-61(57)83-60-51(89)26-44(27-53(60)110-73)82-22-15-24-85-23-14-17-43-31-86(33-50(43)85)64-49(81)28-47-63(74(64)102-12)87(45-19-20-45)32-48(68(47)95)77(99)100/h13,16,18,21,25-28,32,36-38,40-41,43,45-46,50,52,54,56,65-66,70,72,82,92-94,97H,14-15,17,19-20,22-24,29-31,33-34H2,1-12H3,(H,84,98)(H,90,91)(H,99,100)/b18-13+,25-21+,35-16-/t36-,37+,38-,40?,41-,43+,46-,50-,52+,54+,56+,65-,66-,70-,72-,80+/m1/s1. The topological polar surface area (TPSA) is 403 Å². The Labute approximate surface area is 636 Å². The molecular weight excluding hydrogens is 1450 g/mol. The smallest absolute Gasteiger partial charge is 0.341 e. The molecule has 31 heteroatoms. The lowest BCUT2D eigenvalue weighted by atomic mass is 9.77. The Morgan fingerprint density at radius 2 is 1.68 bits per heavy atom. The van der Waals surface area contributed by atoms with Crippen molar-refractivity contribution in [2.24, 2.45) is 35.0 Å². The van der Waals surface area contributed by atoms with E-state index < -0.39 is 182 Å². The Bertz CT molecular complexity index is 5090. The summed E-state index contributed by atoms with van der Waals surface area (Å²) in [6.45, 7) is 18.8. The predicted molar refractivity (Wildman–Crippen MR) is 402 cm³/mol. The summed E-state index contributed by atoms with van der Waals surface area (Å²) < 4.78 is 80.4. The number of rotatable bonds is 17. The number of phenolic OH excluding ortho intramolecular Hbond substituents is 1. The molecule has 4 saturated heterocycles. The average Bonchev–Trinajstić information content (AvgIpc) is 1.64. The Morgan fingerprint density at radius 3 is 2.38 bits per heavy atom. The van der Waals surface area contributed by atoms with Crippen LogP contribution in [0.15, 0.2) is 79.3 Å². The van der Waals surface area contributed by atoms with E-state index in [0.29, 0.717) is 43.8 Å². The molecule has 6 aliphatic heterocycles. The largest absolute Gasteiger partial charge is 0.507 e. The molecule has 5 bridgehead atoms. The third-order valence-electron chi connectivity index (χ3n) is 23.1. The number of phenols is 1. The second kappa shape index (κ2) is 31.1. The van der Waals surface area contributed by atoms with Gasteiger partial charge in [-0.2, -0.15) is 0 Å². The van der Waals surface area contributed by atoms with Crippen molar-refractivity contribution < 1.29 is 106 Å². The number of benzene rings is 4. The third-order valence-corrected chi connectivity index (χ3v) is 23.1. The van der Waals surface area contributed by atoms with E-state index in [4.69, 9.17) is 52.0 Å². The number of pyridine rings is 1. The molecule has 2 aromatic heterocycles. The maximum Gasteiger partial charge on any atom is 0.341 e. The number of likely N-dealkylation sites (tertiary alicyclic amines) is 1. The summed E-state index contributed by atoms with van der Waals surface area (Å²) in [5, 5.41) is 74.6. The van der Waals surface area contributed by atoms with Gasteiger partial charge in [0.15, 0.2) is 40.3 Å². The fourth-order valence-electron chi connectivity index (χ4n) is 16.8. The van der Waals surface area contributed by atoms with Gasteiger partial charge in [-0.15, -0.1) is 0 Å². The molecule has 1 saturated carbocycles. The molecule has 596 valence electrons. The summed E-state index contributed by atoms with van der Waals surface area (Å²) in [6.07, 6.45) is 2.39. The summed E-state index contributed by atoms with van der Waals surface area (Å²) in [6, 6.07) is 3.86. The van der Waals surface area contributed by atoms with E-state index in [0.717, 1.165) is 44.6 Å². The van der Waals surface area contributed by atoms with E-state index in [2.05, 4.69) is 15.5 Å². The number of aromatic nitrogens is 2. The summed E-state index contributed by atoms with van der Waals surface area (Å²) >= 11 is 0. The number of ether oxygens (including phenoxy) is 9. The number of nitrogens with zero attached hydrogens (tertiary/aromatic N) is 4. The van der Waals surface area contributed by atoms with Crippen molar-refractivity contribution in [2.75, 3.05) is 62.2 Å². The quantitative estimate of drug-likeness (QED) is 0.0185. The minimum absolute atomic E-state index is 0.00206. The number of esters is 2. The number of piperidine rings is 1. The average molecular weight is 1540 g/mol. The Hall–Kier alpha value is -9.76. The number of methoxy groups -OCH3 is 1. The summed E-state index contributed by atoms with van der Waals surface area (Å²) in [5.41, 5.74) is -5.42. The summed E-state index contributed by atoms with van der Waals surface area (Å²) in [4.78, 5) is 119. The van der Waals surface area contributed by atoms with Gasteiger partial charge >= 0.3 is 29.7 Å². The van der Waals surface area contributed by atoms with E-state index in [1.807, 2.05) is 4.90 Å². The minimum Gasteiger partial charge on any atom is -0.507 e. The van der Waals surface area contributed by atoms with Crippen LogP contribution >= 0.6 is 0 Å². The fourth-order valence-corrected chi connectivity index (χ4v) is 16.8. The molecule has 30 nitrogen and oxygen atoms in total. The van der Waals surface area contributed by atoms with Crippen LogP contribution in [0.25, 0.3) is 49.6 Å². The minimum atomic E-state index is -2.20. The molecule has 5 fully saturated rings. The maximum absolute atomic E-state index is 16.6. The van der Waals surface area contributed by atoms with Crippen molar-refractivity contribution in [3.8, 4) is 17.2 Å². The molecule has 1 unspecified atom stereocenters. The molecule has 4 aromatic carbocycles. The highest BCUT2D eigenvalue weighted by molar-refractivity contribution is 6.17. The first-order valence-corrected chi connectivity index (χ1v) is 37.6. The van der Waals surface area contributed by atoms with Crippen LogP contribution < -0.4 is 46.5 Å². The zero-order chi connectivity index (χ0) is 79.9. The zero-order valence-corrected chi connectivity index (χ0v) is 63.8. The number of anilines is 3. The predicted octanol–water partition coefficient (Wildman–Crippen LogP) is 8.12. The van der Waals surface area contributed by atoms with Crippen molar-refractivity contribution in [3.63, 3.8) is 0 Å². The van der Waals surface area contributed by atoms with E-state index in [1.54, 1.807) is 25.3 Å². The molecule has 13 rings (SSSR count). The second-order valence-corrected chi connectivity index (χ2v) is 31.4. The highest BCUT2D eigenvalue weighted by Gasteiger charge is 2.49. The number of amides is 1. The van der Waals surface area contributed by atoms with Crippen LogP contribution in [0, 0.1) is 47.7 Å². The molecule has 1 amide bonds. The maximum atomic E-state index is 16.6. The zero-order valence-electron chi connectivity index (χ0n) is 63.8. The summed E-state index contributed by atoms with van der Waals surface area (Å²) in [7, 11) is 1.41. The Balaban J connectivity index is 0.861.